The van der Waals surface area contributed by atoms with Gasteiger partial charge in [0.1, 0.15) is 11.5 Å². The monoisotopic (exact) mass is 309 g/mol. The van der Waals surface area contributed by atoms with Gasteiger partial charge in [-0.2, -0.15) is 5.10 Å². The molecule has 112 valence electrons. The topological polar surface area (TPSA) is 65.4 Å². The highest BCUT2D eigenvalue weighted by molar-refractivity contribution is 6.31. The lowest BCUT2D eigenvalue weighted by Crippen LogP contribution is -2.24. The van der Waals surface area contributed by atoms with Crippen molar-refractivity contribution >= 4 is 17.5 Å². The average Bonchev–Trinajstić information content (AvgIpc) is 2.83. The zero-order valence-corrected chi connectivity index (χ0v) is 12.8. The second-order valence-electron chi connectivity index (χ2n) is 4.35. The number of amides is 1. The Morgan fingerprint density at radius 3 is 2.38 bits per heavy atom. The van der Waals surface area contributed by atoms with Gasteiger partial charge < -0.3 is 14.8 Å². The summed E-state index contributed by atoms with van der Waals surface area (Å²) < 4.78 is 11.9. The van der Waals surface area contributed by atoms with Gasteiger partial charge in [-0.05, 0) is 12.1 Å². The van der Waals surface area contributed by atoms with Crippen LogP contribution in [0.25, 0.3) is 0 Å². The number of carbonyl (C=O) groups excluding carboxylic acids is 1. The van der Waals surface area contributed by atoms with Crippen LogP contribution in [-0.4, -0.2) is 29.9 Å². The average molecular weight is 310 g/mol. The number of aryl methyl sites for hydroxylation is 1. The summed E-state index contributed by atoms with van der Waals surface area (Å²) in [5.41, 5.74) is 1.18. The fourth-order valence-electron chi connectivity index (χ4n) is 1.84. The molecule has 0 aliphatic carbocycles. The van der Waals surface area contributed by atoms with E-state index < -0.39 is 0 Å². The number of nitrogens with zero attached hydrogens (tertiary/aromatic N) is 2. The minimum absolute atomic E-state index is 0.246. The van der Waals surface area contributed by atoms with Crippen LogP contribution in [0.5, 0.6) is 11.5 Å². The Bertz CT molecular complexity index is 613. The third-order valence-corrected chi connectivity index (χ3v) is 3.36. The van der Waals surface area contributed by atoms with Crippen LogP contribution in [0.2, 0.25) is 5.02 Å². The van der Waals surface area contributed by atoms with Crippen LogP contribution in [0.3, 0.4) is 0 Å². The van der Waals surface area contributed by atoms with Crippen LogP contribution in [0.4, 0.5) is 0 Å². The number of ether oxygens (including phenoxy) is 2. The maximum atomic E-state index is 12.2. The molecule has 2 rings (SSSR count). The van der Waals surface area contributed by atoms with Crippen molar-refractivity contribution < 1.29 is 14.3 Å². The molecular weight excluding hydrogens is 294 g/mol. The van der Waals surface area contributed by atoms with E-state index in [0.717, 1.165) is 5.69 Å². The van der Waals surface area contributed by atoms with Crippen molar-refractivity contribution in [1.29, 1.82) is 0 Å². The molecule has 21 heavy (non-hydrogen) atoms. The predicted molar refractivity (Wildman–Crippen MR) is 78.9 cm³/mol. The molecular formula is C14H16ClN3O3. The summed E-state index contributed by atoms with van der Waals surface area (Å²) >= 11 is 6.00. The zero-order valence-electron chi connectivity index (χ0n) is 12.0. The maximum Gasteiger partial charge on any atom is 0.251 e. The maximum absolute atomic E-state index is 12.2. The van der Waals surface area contributed by atoms with Crippen LogP contribution >= 0.6 is 11.6 Å². The fourth-order valence-corrected chi connectivity index (χ4v) is 2.07. The second kappa shape index (κ2) is 6.49. The molecule has 0 fully saturated rings. The van der Waals surface area contributed by atoms with E-state index in [2.05, 4.69) is 10.4 Å². The molecule has 7 heteroatoms. The van der Waals surface area contributed by atoms with Crippen LogP contribution in [-0.2, 0) is 13.6 Å². The third kappa shape index (κ3) is 3.46. The van der Waals surface area contributed by atoms with Gasteiger partial charge >= 0.3 is 0 Å². The molecule has 0 aliphatic rings. The summed E-state index contributed by atoms with van der Waals surface area (Å²) in [6.45, 7) is 0.285. The molecule has 1 heterocycles. The summed E-state index contributed by atoms with van der Waals surface area (Å²) in [6.07, 6.45) is 1.54. The molecule has 0 spiro atoms. The van der Waals surface area contributed by atoms with E-state index in [1.807, 2.05) is 0 Å². The molecule has 2 aromatic rings. The van der Waals surface area contributed by atoms with E-state index in [1.165, 1.54) is 20.4 Å². The molecule has 0 aliphatic heterocycles. The molecule has 0 saturated carbocycles. The van der Waals surface area contributed by atoms with Crippen molar-refractivity contribution in [3.63, 3.8) is 0 Å². The van der Waals surface area contributed by atoms with Crippen molar-refractivity contribution in [3.8, 4) is 11.5 Å². The Morgan fingerprint density at radius 1 is 1.29 bits per heavy atom. The lowest BCUT2D eigenvalue weighted by Gasteiger charge is -2.09. The number of halogens is 1. The van der Waals surface area contributed by atoms with Crippen LogP contribution in [0.1, 0.15) is 16.1 Å². The van der Waals surface area contributed by atoms with E-state index in [-0.39, 0.29) is 12.5 Å². The summed E-state index contributed by atoms with van der Waals surface area (Å²) in [5.74, 6) is 0.862. The smallest absolute Gasteiger partial charge is 0.251 e. The predicted octanol–water partition coefficient (Wildman–Crippen LogP) is 2.02. The van der Waals surface area contributed by atoms with Gasteiger partial charge in [-0.25, -0.2) is 0 Å². The van der Waals surface area contributed by atoms with Crippen LogP contribution < -0.4 is 14.8 Å². The summed E-state index contributed by atoms with van der Waals surface area (Å²) in [5, 5.41) is 7.32. The van der Waals surface area contributed by atoms with Gasteiger partial charge in [-0.3, -0.25) is 9.48 Å². The first-order valence-electron chi connectivity index (χ1n) is 6.22. The van der Waals surface area contributed by atoms with Crippen molar-refractivity contribution in [2.75, 3.05) is 14.2 Å². The van der Waals surface area contributed by atoms with Crippen LogP contribution in [0.15, 0.2) is 24.4 Å². The van der Waals surface area contributed by atoms with Gasteiger partial charge in [0, 0.05) is 18.7 Å². The molecule has 1 aromatic carbocycles. The number of methoxy groups -OCH3 is 2. The summed E-state index contributed by atoms with van der Waals surface area (Å²) in [7, 11) is 4.83. The largest absolute Gasteiger partial charge is 0.497 e. The van der Waals surface area contributed by atoms with E-state index in [1.54, 1.807) is 29.9 Å². The third-order valence-electron chi connectivity index (χ3n) is 3.04. The van der Waals surface area contributed by atoms with Gasteiger partial charge in [0.05, 0.1) is 37.7 Å². The Balaban J connectivity index is 2.13. The van der Waals surface area contributed by atoms with Gasteiger partial charge in [-0.1, -0.05) is 11.6 Å². The lowest BCUT2D eigenvalue weighted by atomic mass is 10.2. The zero-order chi connectivity index (χ0) is 15.4. The molecule has 0 bridgehead atoms. The number of nitrogens with one attached hydrogen (secondary N) is 1. The highest BCUT2D eigenvalue weighted by atomic mass is 35.5. The van der Waals surface area contributed by atoms with E-state index >= 15 is 0 Å². The highest BCUT2D eigenvalue weighted by Gasteiger charge is 2.12. The molecule has 0 radical (unpaired) electrons. The molecule has 0 saturated heterocycles. The highest BCUT2D eigenvalue weighted by Crippen LogP contribution is 2.22. The lowest BCUT2D eigenvalue weighted by molar-refractivity contribution is 0.0949. The Hall–Kier alpha value is -2.21. The van der Waals surface area contributed by atoms with Gasteiger partial charge in [-0.15, -0.1) is 0 Å². The quantitative estimate of drug-likeness (QED) is 0.917. The number of aromatic nitrogens is 2. The van der Waals surface area contributed by atoms with Crippen molar-refractivity contribution in [2.45, 2.75) is 6.54 Å². The number of rotatable bonds is 5. The number of benzene rings is 1. The number of carbonyl (C=O) groups is 1. The van der Waals surface area contributed by atoms with E-state index in [4.69, 9.17) is 21.1 Å². The van der Waals surface area contributed by atoms with Crippen molar-refractivity contribution in [2.24, 2.45) is 7.05 Å². The SMILES string of the molecule is COc1cc(OC)cc(C(=O)NCc2c(Cl)cnn2C)c1. The van der Waals surface area contributed by atoms with E-state index in [9.17, 15) is 4.79 Å². The standard InChI is InChI=1S/C14H16ClN3O3/c1-18-13(12(15)7-17-18)8-16-14(19)9-4-10(20-2)6-11(5-9)21-3/h4-7H,8H2,1-3H3,(H,16,19). The van der Waals surface area contributed by atoms with Gasteiger partial charge in [0.2, 0.25) is 0 Å². The Kier molecular flexibility index (Phi) is 4.70. The summed E-state index contributed by atoms with van der Waals surface area (Å²) in [6, 6.07) is 4.99. The molecule has 1 amide bonds. The first-order valence-corrected chi connectivity index (χ1v) is 6.60. The second-order valence-corrected chi connectivity index (χ2v) is 4.75. The number of hydrogen-bond acceptors (Lipinski definition) is 4. The molecule has 6 nitrogen and oxygen atoms in total. The van der Waals surface area contributed by atoms with E-state index in [0.29, 0.717) is 22.1 Å². The minimum atomic E-state index is -0.246. The number of hydrogen-bond donors (Lipinski definition) is 1. The molecule has 0 unspecified atom stereocenters. The normalized spacial score (nSPS) is 10.3. The summed E-state index contributed by atoms with van der Waals surface area (Å²) in [4.78, 5) is 12.2. The fraction of sp³-hybridized carbons (Fsp3) is 0.286. The molecule has 1 N–H and O–H groups in total. The van der Waals surface area contributed by atoms with Crippen molar-refractivity contribution in [3.05, 3.63) is 40.7 Å². The molecule has 0 atom stereocenters. The van der Waals surface area contributed by atoms with Crippen LogP contribution in [0, 0.1) is 0 Å². The minimum Gasteiger partial charge on any atom is -0.497 e. The molecule has 1 aromatic heterocycles. The first kappa shape index (κ1) is 15.2. The Labute approximate surface area is 127 Å². The first-order chi connectivity index (χ1) is 10.0. The van der Waals surface area contributed by atoms with Gasteiger partial charge in [0.15, 0.2) is 0 Å². The van der Waals surface area contributed by atoms with Crippen molar-refractivity contribution in [1.82, 2.24) is 15.1 Å². The van der Waals surface area contributed by atoms with Gasteiger partial charge in [0.25, 0.3) is 5.91 Å². The Morgan fingerprint density at radius 2 is 1.90 bits per heavy atom.